The normalized spacial score (nSPS) is 11.1. The third kappa shape index (κ3) is 4.82. The predicted octanol–water partition coefficient (Wildman–Crippen LogP) is 1.84. The van der Waals surface area contributed by atoms with E-state index >= 15 is 0 Å². The molecule has 6 heteroatoms. The maximum Gasteiger partial charge on any atom is 0.212 e. The summed E-state index contributed by atoms with van der Waals surface area (Å²) in [5, 5.41) is 15.3. The van der Waals surface area contributed by atoms with Crippen molar-refractivity contribution in [3.05, 3.63) is 35.2 Å². The Bertz CT molecular complexity index is 579. The van der Waals surface area contributed by atoms with Crippen LogP contribution in [0.3, 0.4) is 0 Å². The van der Waals surface area contributed by atoms with E-state index < -0.39 is 0 Å². The molecule has 114 valence electrons. The summed E-state index contributed by atoms with van der Waals surface area (Å²) in [6.45, 7) is 8.58. The van der Waals surface area contributed by atoms with Crippen LogP contribution in [0, 0.1) is 12.8 Å². The quantitative estimate of drug-likeness (QED) is 0.842. The molecular formula is C15H23N5O. The first-order valence-corrected chi connectivity index (χ1v) is 7.20. The first kappa shape index (κ1) is 15.4. The van der Waals surface area contributed by atoms with Crippen molar-refractivity contribution in [2.75, 3.05) is 6.54 Å². The van der Waals surface area contributed by atoms with Crippen molar-refractivity contribution in [2.45, 2.75) is 33.9 Å². The van der Waals surface area contributed by atoms with Crippen molar-refractivity contribution in [1.29, 1.82) is 0 Å². The average Bonchev–Trinajstić information content (AvgIpc) is 2.83. The van der Waals surface area contributed by atoms with E-state index in [1.807, 2.05) is 12.1 Å². The Morgan fingerprint density at radius 2 is 2.14 bits per heavy atom. The number of benzene rings is 1. The van der Waals surface area contributed by atoms with Gasteiger partial charge in [-0.15, -0.1) is 10.2 Å². The fourth-order valence-corrected chi connectivity index (χ4v) is 2.01. The summed E-state index contributed by atoms with van der Waals surface area (Å²) >= 11 is 0. The van der Waals surface area contributed by atoms with Crippen LogP contribution in [0.2, 0.25) is 0 Å². The molecule has 1 N–H and O–H groups in total. The van der Waals surface area contributed by atoms with E-state index in [0.717, 1.165) is 24.4 Å². The van der Waals surface area contributed by atoms with E-state index in [-0.39, 0.29) is 0 Å². The minimum atomic E-state index is 0.327. The fourth-order valence-electron chi connectivity index (χ4n) is 2.01. The summed E-state index contributed by atoms with van der Waals surface area (Å²) in [6.07, 6.45) is 0. The average molecular weight is 289 g/mol. The number of ether oxygens (including phenoxy) is 1. The van der Waals surface area contributed by atoms with Gasteiger partial charge in [0.1, 0.15) is 5.75 Å². The van der Waals surface area contributed by atoms with E-state index in [1.54, 1.807) is 7.05 Å². The van der Waals surface area contributed by atoms with Crippen LogP contribution in [0.25, 0.3) is 0 Å². The van der Waals surface area contributed by atoms with Gasteiger partial charge in [0.05, 0.1) is 7.05 Å². The van der Waals surface area contributed by atoms with Gasteiger partial charge in [-0.3, -0.25) is 0 Å². The summed E-state index contributed by atoms with van der Waals surface area (Å²) < 4.78 is 5.83. The summed E-state index contributed by atoms with van der Waals surface area (Å²) in [4.78, 5) is 1.43. The Balaban J connectivity index is 2.00. The third-order valence-electron chi connectivity index (χ3n) is 2.99. The second kappa shape index (κ2) is 7.17. The Labute approximate surface area is 125 Å². The maximum atomic E-state index is 5.83. The number of tetrazole rings is 1. The Morgan fingerprint density at radius 1 is 1.33 bits per heavy atom. The number of aromatic nitrogens is 4. The number of rotatable bonds is 7. The third-order valence-corrected chi connectivity index (χ3v) is 2.99. The van der Waals surface area contributed by atoms with Crippen molar-refractivity contribution in [3.8, 4) is 5.75 Å². The molecule has 6 nitrogen and oxygen atoms in total. The predicted molar refractivity (Wildman–Crippen MR) is 80.9 cm³/mol. The minimum absolute atomic E-state index is 0.327. The summed E-state index contributed by atoms with van der Waals surface area (Å²) in [6, 6.07) is 6.19. The lowest BCUT2D eigenvalue weighted by Gasteiger charge is -2.13. The molecule has 1 aromatic heterocycles. The number of nitrogens with zero attached hydrogens (tertiary/aromatic N) is 4. The molecular weight excluding hydrogens is 266 g/mol. The first-order valence-electron chi connectivity index (χ1n) is 7.20. The van der Waals surface area contributed by atoms with Crippen LogP contribution in [0.15, 0.2) is 18.2 Å². The highest BCUT2D eigenvalue weighted by Crippen LogP contribution is 2.20. The van der Waals surface area contributed by atoms with Gasteiger partial charge in [0.15, 0.2) is 6.61 Å². The van der Waals surface area contributed by atoms with Crippen LogP contribution in [0.4, 0.5) is 0 Å². The molecule has 0 radical (unpaired) electrons. The zero-order valence-corrected chi connectivity index (χ0v) is 13.1. The monoisotopic (exact) mass is 289 g/mol. The second-order valence-corrected chi connectivity index (χ2v) is 5.62. The zero-order valence-electron chi connectivity index (χ0n) is 13.1. The summed E-state index contributed by atoms with van der Waals surface area (Å²) in [5.41, 5.74) is 2.38. The van der Waals surface area contributed by atoms with Crippen molar-refractivity contribution in [1.82, 2.24) is 25.5 Å². The van der Waals surface area contributed by atoms with Crippen molar-refractivity contribution < 1.29 is 4.74 Å². The highest BCUT2D eigenvalue weighted by molar-refractivity contribution is 5.36. The molecule has 0 aliphatic rings. The maximum absolute atomic E-state index is 5.83. The molecule has 0 amide bonds. The molecule has 0 atom stereocenters. The van der Waals surface area contributed by atoms with E-state index in [2.05, 4.69) is 47.6 Å². The molecule has 0 aliphatic heterocycles. The molecule has 0 fully saturated rings. The fraction of sp³-hybridized carbons (Fsp3) is 0.533. The summed E-state index contributed by atoms with van der Waals surface area (Å²) in [5.74, 6) is 2.08. The molecule has 1 aromatic carbocycles. The van der Waals surface area contributed by atoms with E-state index in [1.165, 1.54) is 10.4 Å². The van der Waals surface area contributed by atoms with E-state index in [4.69, 9.17) is 4.74 Å². The minimum Gasteiger partial charge on any atom is -0.485 e. The smallest absolute Gasteiger partial charge is 0.212 e. The van der Waals surface area contributed by atoms with Crippen molar-refractivity contribution in [2.24, 2.45) is 13.0 Å². The largest absolute Gasteiger partial charge is 0.485 e. The van der Waals surface area contributed by atoms with Gasteiger partial charge in [0.2, 0.25) is 5.82 Å². The lowest BCUT2D eigenvalue weighted by Crippen LogP contribution is -2.19. The van der Waals surface area contributed by atoms with Gasteiger partial charge < -0.3 is 10.1 Å². The van der Waals surface area contributed by atoms with E-state index in [9.17, 15) is 0 Å². The molecule has 2 aromatic rings. The van der Waals surface area contributed by atoms with Gasteiger partial charge in [-0.1, -0.05) is 31.5 Å². The highest BCUT2D eigenvalue weighted by atomic mass is 16.5. The first-order chi connectivity index (χ1) is 10.0. The standard InChI is InChI=1S/C15H23N5O/c1-11(2)8-16-9-13-7-12(3)5-6-14(13)21-10-15-17-19-20(4)18-15/h5-7,11,16H,8-10H2,1-4H3. The SMILES string of the molecule is Cc1ccc(OCc2nnn(C)n2)c(CNCC(C)C)c1. The topological polar surface area (TPSA) is 64.9 Å². The van der Waals surface area contributed by atoms with Crippen LogP contribution in [-0.4, -0.2) is 26.8 Å². The van der Waals surface area contributed by atoms with Crippen LogP contribution < -0.4 is 10.1 Å². The molecule has 0 saturated carbocycles. The number of hydrogen-bond acceptors (Lipinski definition) is 5. The van der Waals surface area contributed by atoms with Gasteiger partial charge in [0.25, 0.3) is 0 Å². The lowest BCUT2D eigenvalue weighted by atomic mass is 10.1. The molecule has 2 rings (SSSR count). The van der Waals surface area contributed by atoms with Crippen LogP contribution in [0.5, 0.6) is 5.75 Å². The Morgan fingerprint density at radius 3 is 2.81 bits per heavy atom. The van der Waals surface area contributed by atoms with Crippen LogP contribution >= 0.6 is 0 Å². The molecule has 0 spiro atoms. The molecule has 21 heavy (non-hydrogen) atoms. The van der Waals surface area contributed by atoms with Crippen molar-refractivity contribution in [3.63, 3.8) is 0 Å². The Hall–Kier alpha value is -1.95. The summed E-state index contributed by atoms with van der Waals surface area (Å²) in [7, 11) is 1.74. The zero-order chi connectivity index (χ0) is 15.2. The number of hydrogen-bond donors (Lipinski definition) is 1. The van der Waals surface area contributed by atoms with E-state index in [0.29, 0.717) is 18.3 Å². The number of nitrogens with one attached hydrogen (secondary N) is 1. The van der Waals surface area contributed by atoms with Crippen LogP contribution in [0.1, 0.15) is 30.8 Å². The lowest BCUT2D eigenvalue weighted by molar-refractivity contribution is 0.291. The number of aryl methyl sites for hydroxylation is 2. The molecule has 0 unspecified atom stereocenters. The van der Waals surface area contributed by atoms with Crippen molar-refractivity contribution >= 4 is 0 Å². The molecule has 0 bridgehead atoms. The van der Waals surface area contributed by atoms with Gasteiger partial charge >= 0.3 is 0 Å². The van der Waals surface area contributed by atoms with Crippen LogP contribution in [-0.2, 0) is 20.2 Å². The van der Waals surface area contributed by atoms with Gasteiger partial charge in [0, 0.05) is 12.1 Å². The van der Waals surface area contributed by atoms with Gasteiger partial charge in [-0.05, 0) is 30.7 Å². The second-order valence-electron chi connectivity index (χ2n) is 5.62. The van der Waals surface area contributed by atoms with Gasteiger partial charge in [-0.2, -0.15) is 4.80 Å². The molecule has 0 aliphatic carbocycles. The highest BCUT2D eigenvalue weighted by Gasteiger charge is 2.07. The molecule has 0 saturated heterocycles. The van der Waals surface area contributed by atoms with Gasteiger partial charge in [-0.25, -0.2) is 0 Å². The molecule has 1 heterocycles. The Kier molecular flexibility index (Phi) is 5.27.